The first-order valence-corrected chi connectivity index (χ1v) is 26.3. The number of hydrogen-bond acceptors (Lipinski definition) is 7. The van der Waals surface area contributed by atoms with Crippen LogP contribution < -0.4 is 5.73 Å². The number of aldehydes is 1. The van der Waals surface area contributed by atoms with Gasteiger partial charge in [0.1, 0.15) is 18.2 Å². The van der Waals surface area contributed by atoms with Crippen molar-refractivity contribution in [1.29, 1.82) is 0 Å². The third-order valence-corrected chi connectivity index (χ3v) is 12.0. The molecular formula is C54H110N2O5. The summed E-state index contributed by atoms with van der Waals surface area (Å²) in [5.41, 5.74) is 5.81. The number of carbonyl (C=O) groups is 3. The topological polar surface area (TPSA) is 98.9 Å². The van der Waals surface area contributed by atoms with Crippen LogP contribution in [0.4, 0.5) is 0 Å². The number of nitrogens with zero attached hydrogens (tertiary/aromatic N) is 1. The second-order valence-electron chi connectivity index (χ2n) is 18.4. The van der Waals surface area contributed by atoms with Gasteiger partial charge in [0.15, 0.2) is 0 Å². The van der Waals surface area contributed by atoms with Gasteiger partial charge in [0, 0.05) is 39.1 Å². The molecule has 0 spiro atoms. The largest absolute Gasteiger partial charge is 0.462 e. The molecule has 366 valence electrons. The second kappa shape index (κ2) is 53.0. The number of likely N-dealkylation sites (tertiary alicyclic amines) is 1. The lowest BCUT2D eigenvalue weighted by molar-refractivity contribution is -0.150. The van der Waals surface area contributed by atoms with Crippen molar-refractivity contribution < 1.29 is 23.9 Å². The van der Waals surface area contributed by atoms with E-state index in [4.69, 9.17) is 20.0 Å². The minimum atomic E-state index is 0. The molecule has 61 heavy (non-hydrogen) atoms. The van der Waals surface area contributed by atoms with Gasteiger partial charge in [-0.05, 0) is 90.6 Å². The van der Waals surface area contributed by atoms with Gasteiger partial charge in [0.2, 0.25) is 0 Å². The van der Waals surface area contributed by atoms with Gasteiger partial charge in [0.25, 0.3) is 0 Å². The van der Waals surface area contributed by atoms with E-state index in [1.807, 2.05) is 0 Å². The standard InChI is InChI=1S/C26H52O3.C14H28.C11H22N2O.C2H4O.CH4/c1-4-6-8-10-13-17-21-25(22-18-14-11-9-7-5-2)29-26(27)23-19-15-12-16-20-24-28-3;1-2-3-4-5-6-7-8-9-10-11-14-12-13-14;1-10(14)5-3-2-4-7-13-8-6-11(12)9-13;1-2-3;/h25H,4-24H2,1-3H3;14H,2-13H2,1H3;11H,2-9,12H2,1H3;2H,1H3;1H4/t;;11-;;/m..0../s1. The maximum Gasteiger partial charge on any atom is 0.306 e. The molecule has 0 aromatic carbocycles. The Balaban J connectivity index is -0.000000873. The molecule has 0 aromatic rings. The number of carbonyl (C=O) groups excluding carboxylic acids is 3. The minimum absolute atomic E-state index is 0. The van der Waals surface area contributed by atoms with Gasteiger partial charge in [-0.2, -0.15) is 0 Å². The van der Waals surface area contributed by atoms with Crippen molar-refractivity contribution in [2.24, 2.45) is 11.7 Å². The quantitative estimate of drug-likeness (QED) is 0.0373. The maximum atomic E-state index is 12.3. The highest BCUT2D eigenvalue weighted by Crippen LogP contribution is 2.34. The number of methoxy groups -OCH3 is 1. The van der Waals surface area contributed by atoms with Crippen LogP contribution in [-0.4, -0.2) is 68.4 Å². The number of Topliss-reactive ketones (excluding diaryl/α,β-unsaturated/α-hetero) is 1. The molecule has 1 heterocycles. The van der Waals surface area contributed by atoms with Crippen molar-refractivity contribution in [2.75, 3.05) is 33.4 Å². The Kier molecular flexibility index (Phi) is 55.6. The first-order chi connectivity index (χ1) is 29.3. The highest BCUT2D eigenvalue weighted by atomic mass is 16.5. The van der Waals surface area contributed by atoms with E-state index in [1.54, 1.807) is 14.0 Å². The van der Waals surface area contributed by atoms with Crippen LogP contribution in [0.15, 0.2) is 0 Å². The summed E-state index contributed by atoms with van der Waals surface area (Å²) in [5.74, 6) is 1.50. The SMILES string of the molecule is C.CC(=O)CCCCCN1CC[C@H](N)C1.CC=O.CCCCCCCCC(CCCCCCCC)OC(=O)CCCCCCCOC.CCCCCCCCCCCC1CC1. The van der Waals surface area contributed by atoms with Gasteiger partial charge in [-0.1, -0.05) is 195 Å². The molecule has 1 aliphatic heterocycles. The summed E-state index contributed by atoms with van der Waals surface area (Å²) in [7, 11) is 1.75. The van der Waals surface area contributed by atoms with E-state index in [0.717, 1.165) is 89.8 Å². The van der Waals surface area contributed by atoms with Crippen LogP contribution in [-0.2, 0) is 23.9 Å². The Labute approximate surface area is 382 Å². The smallest absolute Gasteiger partial charge is 0.306 e. The highest BCUT2D eigenvalue weighted by molar-refractivity contribution is 5.75. The molecule has 0 bridgehead atoms. The fourth-order valence-corrected chi connectivity index (χ4v) is 7.96. The van der Waals surface area contributed by atoms with Crippen molar-refractivity contribution >= 4 is 18.0 Å². The van der Waals surface area contributed by atoms with Crippen LogP contribution in [0.25, 0.3) is 0 Å². The minimum Gasteiger partial charge on any atom is -0.462 e. The first kappa shape index (κ1) is 64.0. The van der Waals surface area contributed by atoms with Gasteiger partial charge in [-0.3, -0.25) is 4.79 Å². The molecule has 1 saturated carbocycles. The number of esters is 1. The molecule has 2 aliphatic rings. The molecule has 0 amide bonds. The Morgan fingerprint density at radius 3 is 1.49 bits per heavy atom. The van der Waals surface area contributed by atoms with E-state index in [1.165, 1.54) is 187 Å². The Bertz CT molecular complexity index is 866. The van der Waals surface area contributed by atoms with Crippen LogP contribution in [0, 0.1) is 5.92 Å². The van der Waals surface area contributed by atoms with Crippen LogP contribution in [0.1, 0.15) is 280 Å². The lowest BCUT2D eigenvalue weighted by Gasteiger charge is -2.18. The van der Waals surface area contributed by atoms with E-state index in [9.17, 15) is 9.59 Å². The number of ketones is 1. The van der Waals surface area contributed by atoms with Crippen LogP contribution in [0.5, 0.6) is 0 Å². The van der Waals surface area contributed by atoms with Gasteiger partial charge in [0.05, 0.1) is 0 Å². The van der Waals surface area contributed by atoms with Gasteiger partial charge in [-0.25, -0.2) is 0 Å². The predicted octanol–water partition coefficient (Wildman–Crippen LogP) is 15.7. The highest BCUT2D eigenvalue weighted by Gasteiger charge is 2.20. The summed E-state index contributed by atoms with van der Waals surface area (Å²) in [6.45, 7) is 14.1. The van der Waals surface area contributed by atoms with E-state index in [-0.39, 0.29) is 19.5 Å². The average Bonchev–Trinajstić information content (AvgIpc) is 3.97. The fraction of sp³-hybridized carbons (Fsp3) is 0.944. The van der Waals surface area contributed by atoms with Gasteiger partial charge >= 0.3 is 5.97 Å². The third-order valence-electron chi connectivity index (χ3n) is 12.0. The average molecular weight is 867 g/mol. The number of rotatable bonds is 39. The van der Waals surface area contributed by atoms with Crippen molar-refractivity contribution in [3.05, 3.63) is 0 Å². The van der Waals surface area contributed by atoms with Crippen LogP contribution in [0.2, 0.25) is 0 Å². The summed E-state index contributed by atoms with van der Waals surface area (Å²) >= 11 is 0. The number of ether oxygens (including phenoxy) is 2. The molecule has 7 nitrogen and oxygen atoms in total. The zero-order chi connectivity index (χ0) is 44.6. The summed E-state index contributed by atoms with van der Waals surface area (Å²) in [4.78, 5) is 34.2. The normalized spacial score (nSPS) is 14.5. The summed E-state index contributed by atoms with van der Waals surface area (Å²) in [6.07, 6.45) is 48.1. The second-order valence-corrected chi connectivity index (χ2v) is 18.4. The lowest BCUT2D eigenvalue weighted by atomic mass is 10.0. The molecule has 1 saturated heterocycles. The van der Waals surface area contributed by atoms with Crippen molar-refractivity contribution in [3.8, 4) is 0 Å². The molecule has 2 rings (SSSR count). The van der Waals surface area contributed by atoms with Crippen LogP contribution >= 0.6 is 0 Å². The monoisotopic (exact) mass is 867 g/mol. The molecule has 0 radical (unpaired) electrons. The zero-order valence-electron chi connectivity index (χ0n) is 41.4. The molecule has 2 fully saturated rings. The van der Waals surface area contributed by atoms with E-state index in [0.29, 0.717) is 18.2 Å². The Morgan fingerprint density at radius 1 is 0.623 bits per heavy atom. The Hall–Kier alpha value is -1.31. The molecule has 0 aromatic heterocycles. The first-order valence-electron chi connectivity index (χ1n) is 26.3. The number of hydrogen-bond donors (Lipinski definition) is 1. The van der Waals surface area contributed by atoms with E-state index in [2.05, 4.69) is 25.7 Å². The molecule has 2 N–H and O–H groups in total. The maximum absolute atomic E-state index is 12.3. The zero-order valence-corrected chi connectivity index (χ0v) is 41.4. The van der Waals surface area contributed by atoms with Gasteiger partial charge < -0.3 is 29.7 Å². The molecule has 0 unspecified atom stereocenters. The number of nitrogens with two attached hydrogens (primary N) is 1. The third kappa shape index (κ3) is 54.8. The van der Waals surface area contributed by atoms with Crippen LogP contribution in [0.3, 0.4) is 0 Å². The van der Waals surface area contributed by atoms with E-state index < -0.39 is 0 Å². The molecule has 1 atom stereocenters. The number of unbranched alkanes of at least 4 members (excludes halogenated alkanes) is 24. The molecule has 7 heteroatoms. The Morgan fingerprint density at radius 2 is 1.05 bits per heavy atom. The summed E-state index contributed by atoms with van der Waals surface area (Å²) in [6, 6.07) is 0.396. The van der Waals surface area contributed by atoms with Gasteiger partial charge in [-0.15, -0.1) is 0 Å². The van der Waals surface area contributed by atoms with Crippen molar-refractivity contribution in [1.82, 2.24) is 4.90 Å². The van der Waals surface area contributed by atoms with Crippen molar-refractivity contribution in [2.45, 2.75) is 292 Å². The summed E-state index contributed by atoms with van der Waals surface area (Å²) < 4.78 is 11.0. The molecule has 1 aliphatic carbocycles. The van der Waals surface area contributed by atoms with E-state index >= 15 is 0 Å². The van der Waals surface area contributed by atoms with Crippen molar-refractivity contribution in [3.63, 3.8) is 0 Å². The summed E-state index contributed by atoms with van der Waals surface area (Å²) in [5, 5.41) is 0. The fourth-order valence-electron chi connectivity index (χ4n) is 7.96. The predicted molar refractivity (Wildman–Crippen MR) is 267 cm³/mol. The lowest BCUT2D eigenvalue weighted by Crippen LogP contribution is -2.27. The molecular weight excluding hydrogens is 757 g/mol.